The Morgan fingerprint density at radius 1 is 1.15 bits per heavy atom. The maximum Gasteiger partial charge on any atom is 0.154 e. The van der Waals surface area contributed by atoms with Crippen LogP contribution in [0.25, 0.3) is 16.9 Å². The number of hydrogen-bond acceptors (Lipinski definition) is 3. The molecule has 2 aromatic heterocycles. The summed E-state index contributed by atoms with van der Waals surface area (Å²) in [5.41, 5.74) is 4.85. The Labute approximate surface area is 122 Å². The van der Waals surface area contributed by atoms with Gasteiger partial charge in [0.2, 0.25) is 0 Å². The first kappa shape index (κ1) is 12.9. The number of rotatable bonds is 2. The first-order valence-corrected chi connectivity index (χ1v) is 6.72. The highest BCUT2D eigenvalue weighted by atomic mass is 35.5. The van der Waals surface area contributed by atoms with Crippen LogP contribution in [0.3, 0.4) is 0 Å². The van der Waals surface area contributed by atoms with Crippen molar-refractivity contribution in [2.24, 2.45) is 0 Å². The Kier molecular flexibility index (Phi) is 3.10. The highest BCUT2D eigenvalue weighted by Gasteiger charge is 2.07. The molecule has 0 aliphatic heterocycles. The van der Waals surface area contributed by atoms with E-state index in [9.17, 15) is 0 Å². The van der Waals surface area contributed by atoms with Crippen LogP contribution in [0.4, 0.5) is 5.69 Å². The summed E-state index contributed by atoms with van der Waals surface area (Å²) < 4.78 is 1.71. The van der Waals surface area contributed by atoms with Crippen LogP contribution in [0, 0.1) is 6.92 Å². The Hall–Kier alpha value is -2.07. The Bertz CT molecular complexity index is 720. The van der Waals surface area contributed by atoms with Gasteiger partial charge in [0.25, 0.3) is 0 Å². The standard InChI is InChI=1S/C15H15ClN4/c1-10-8-14-17-13(9-20(14)18-15(10)16)11-4-6-12(7-5-11)19(2)3/h4-9H,1-3H3. The average molecular weight is 287 g/mol. The maximum atomic E-state index is 6.03. The summed E-state index contributed by atoms with van der Waals surface area (Å²) in [6.07, 6.45) is 1.89. The van der Waals surface area contributed by atoms with Gasteiger partial charge in [-0.05, 0) is 30.7 Å². The fourth-order valence-corrected chi connectivity index (χ4v) is 2.20. The van der Waals surface area contributed by atoms with Crippen LogP contribution in [0.2, 0.25) is 5.15 Å². The molecule has 0 saturated carbocycles. The van der Waals surface area contributed by atoms with Gasteiger partial charge in [-0.2, -0.15) is 5.10 Å². The number of fused-ring (bicyclic) bond motifs is 1. The zero-order valence-electron chi connectivity index (χ0n) is 11.6. The lowest BCUT2D eigenvalue weighted by Gasteiger charge is -2.11. The van der Waals surface area contributed by atoms with Crippen molar-refractivity contribution >= 4 is 22.9 Å². The Morgan fingerprint density at radius 2 is 1.85 bits per heavy atom. The third-order valence-electron chi connectivity index (χ3n) is 3.26. The van der Waals surface area contributed by atoms with Gasteiger partial charge in [-0.15, -0.1) is 0 Å². The summed E-state index contributed by atoms with van der Waals surface area (Å²) in [7, 11) is 4.04. The van der Waals surface area contributed by atoms with Crippen LogP contribution in [-0.4, -0.2) is 28.7 Å². The number of imidazole rings is 1. The lowest BCUT2D eigenvalue weighted by molar-refractivity contribution is 0.927. The van der Waals surface area contributed by atoms with Crippen molar-refractivity contribution in [1.82, 2.24) is 14.6 Å². The molecular formula is C15H15ClN4. The van der Waals surface area contributed by atoms with E-state index in [1.165, 1.54) is 0 Å². The second kappa shape index (κ2) is 4.80. The molecule has 0 saturated heterocycles. The Balaban J connectivity index is 2.05. The number of anilines is 1. The summed E-state index contributed by atoms with van der Waals surface area (Å²) >= 11 is 6.03. The topological polar surface area (TPSA) is 33.4 Å². The van der Waals surface area contributed by atoms with E-state index in [2.05, 4.69) is 39.2 Å². The molecule has 0 unspecified atom stereocenters. The molecule has 0 amide bonds. The van der Waals surface area contributed by atoms with Gasteiger partial charge in [0.15, 0.2) is 10.8 Å². The quantitative estimate of drug-likeness (QED) is 0.724. The third kappa shape index (κ3) is 2.23. The van der Waals surface area contributed by atoms with Crippen LogP contribution < -0.4 is 4.90 Å². The molecule has 1 aromatic carbocycles. The van der Waals surface area contributed by atoms with Gasteiger partial charge >= 0.3 is 0 Å². The molecule has 3 aromatic rings. The van der Waals surface area contributed by atoms with Crippen molar-refractivity contribution < 1.29 is 0 Å². The lowest BCUT2D eigenvalue weighted by atomic mass is 10.1. The predicted octanol–water partition coefficient (Wildman–Crippen LogP) is 3.42. The molecule has 2 heterocycles. The van der Waals surface area contributed by atoms with Crippen molar-refractivity contribution in [2.45, 2.75) is 6.92 Å². The highest BCUT2D eigenvalue weighted by Crippen LogP contribution is 2.23. The van der Waals surface area contributed by atoms with Gasteiger partial charge in [-0.25, -0.2) is 9.50 Å². The molecule has 5 heteroatoms. The molecule has 0 aliphatic carbocycles. The number of halogens is 1. The van der Waals surface area contributed by atoms with E-state index >= 15 is 0 Å². The van der Waals surface area contributed by atoms with Gasteiger partial charge < -0.3 is 4.90 Å². The van der Waals surface area contributed by atoms with E-state index in [0.717, 1.165) is 28.2 Å². The number of aryl methyl sites for hydroxylation is 1. The number of aromatic nitrogens is 3. The van der Waals surface area contributed by atoms with Gasteiger partial charge in [-0.3, -0.25) is 0 Å². The molecule has 102 valence electrons. The molecule has 0 bridgehead atoms. The van der Waals surface area contributed by atoms with Crippen LogP contribution >= 0.6 is 11.6 Å². The first-order valence-electron chi connectivity index (χ1n) is 6.35. The van der Waals surface area contributed by atoms with Crippen molar-refractivity contribution in [3.05, 3.63) is 47.2 Å². The second-order valence-corrected chi connectivity index (χ2v) is 5.35. The highest BCUT2D eigenvalue weighted by molar-refractivity contribution is 6.30. The van der Waals surface area contributed by atoms with Crippen LogP contribution in [0.15, 0.2) is 36.5 Å². The summed E-state index contributed by atoms with van der Waals surface area (Å²) in [6.45, 7) is 1.93. The monoisotopic (exact) mass is 286 g/mol. The second-order valence-electron chi connectivity index (χ2n) is 4.99. The zero-order valence-corrected chi connectivity index (χ0v) is 12.4. The number of nitrogens with zero attached hydrogens (tertiary/aromatic N) is 4. The zero-order chi connectivity index (χ0) is 14.3. The first-order chi connectivity index (χ1) is 9.54. The third-order valence-corrected chi connectivity index (χ3v) is 3.63. The summed E-state index contributed by atoms with van der Waals surface area (Å²) in [6, 6.07) is 10.2. The van der Waals surface area contributed by atoms with Gasteiger partial charge in [-0.1, -0.05) is 23.7 Å². The summed E-state index contributed by atoms with van der Waals surface area (Å²) in [5.74, 6) is 0. The minimum atomic E-state index is 0.504. The van der Waals surface area contributed by atoms with Crippen molar-refractivity contribution in [1.29, 1.82) is 0 Å². The molecule has 3 rings (SSSR count). The molecule has 0 atom stereocenters. The lowest BCUT2D eigenvalue weighted by Crippen LogP contribution is -2.07. The fourth-order valence-electron chi connectivity index (χ4n) is 2.06. The molecule has 4 nitrogen and oxygen atoms in total. The van der Waals surface area contributed by atoms with Crippen LogP contribution in [0.1, 0.15) is 5.56 Å². The van der Waals surface area contributed by atoms with Gasteiger partial charge in [0.1, 0.15) is 0 Å². The molecule has 0 radical (unpaired) electrons. The molecule has 0 fully saturated rings. The van der Waals surface area contributed by atoms with E-state index in [0.29, 0.717) is 5.15 Å². The van der Waals surface area contributed by atoms with E-state index in [1.54, 1.807) is 4.52 Å². The minimum absolute atomic E-state index is 0.504. The minimum Gasteiger partial charge on any atom is -0.378 e. The summed E-state index contributed by atoms with van der Waals surface area (Å²) in [5, 5.41) is 4.78. The average Bonchev–Trinajstić information content (AvgIpc) is 2.82. The Morgan fingerprint density at radius 3 is 2.50 bits per heavy atom. The molecule has 0 aliphatic rings. The SMILES string of the molecule is Cc1cc2nc(-c3ccc(N(C)C)cc3)cn2nc1Cl. The van der Waals surface area contributed by atoms with E-state index in [4.69, 9.17) is 11.6 Å². The van der Waals surface area contributed by atoms with E-state index in [1.807, 2.05) is 33.3 Å². The van der Waals surface area contributed by atoms with Crippen molar-refractivity contribution in [3.63, 3.8) is 0 Å². The van der Waals surface area contributed by atoms with Gasteiger partial charge in [0.05, 0.1) is 11.9 Å². The predicted molar refractivity (Wildman–Crippen MR) is 82.5 cm³/mol. The smallest absolute Gasteiger partial charge is 0.154 e. The van der Waals surface area contributed by atoms with Crippen LogP contribution in [0.5, 0.6) is 0 Å². The normalized spacial score (nSPS) is 11.0. The van der Waals surface area contributed by atoms with E-state index in [-0.39, 0.29) is 0 Å². The summed E-state index contributed by atoms with van der Waals surface area (Å²) in [4.78, 5) is 6.66. The largest absolute Gasteiger partial charge is 0.378 e. The van der Waals surface area contributed by atoms with Crippen molar-refractivity contribution in [2.75, 3.05) is 19.0 Å². The van der Waals surface area contributed by atoms with Crippen molar-refractivity contribution in [3.8, 4) is 11.3 Å². The number of hydrogen-bond donors (Lipinski definition) is 0. The number of benzene rings is 1. The molecular weight excluding hydrogens is 272 g/mol. The molecule has 0 spiro atoms. The molecule has 20 heavy (non-hydrogen) atoms. The molecule has 0 N–H and O–H groups in total. The maximum absolute atomic E-state index is 6.03. The van der Waals surface area contributed by atoms with E-state index < -0.39 is 0 Å². The fraction of sp³-hybridized carbons (Fsp3) is 0.200. The van der Waals surface area contributed by atoms with Crippen LogP contribution in [-0.2, 0) is 0 Å². The van der Waals surface area contributed by atoms with Gasteiger partial charge in [0, 0.05) is 25.3 Å².